The number of hydrogen-bond donors (Lipinski definition) is 3. The van der Waals surface area contributed by atoms with Gasteiger partial charge >= 0.3 is 0 Å². The van der Waals surface area contributed by atoms with Crippen molar-refractivity contribution < 1.29 is 19.1 Å². The summed E-state index contributed by atoms with van der Waals surface area (Å²) in [4.78, 5) is 26.1. The van der Waals surface area contributed by atoms with Crippen LogP contribution in [0.25, 0.3) is 17.5 Å². The first kappa shape index (κ1) is 28.0. The lowest BCUT2D eigenvalue weighted by Crippen LogP contribution is -2.33. The topological polar surface area (TPSA) is 131 Å². The van der Waals surface area contributed by atoms with E-state index in [0.29, 0.717) is 40.0 Å². The van der Waals surface area contributed by atoms with Gasteiger partial charge in [-0.1, -0.05) is 41.9 Å². The number of anilines is 1. The second-order valence-corrected chi connectivity index (χ2v) is 9.92. The third kappa shape index (κ3) is 7.77. The van der Waals surface area contributed by atoms with Crippen LogP contribution in [0.2, 0.25) is 5.02 Å². The molecule has 1 unspecified atom stereocenters. The Morgan fingerprint density at radius 1 is 1.12 bits per heavy atom. The fraction of sp³-hybridized carbons (Fsp3) is 0.233. The molecular weight excluding hydrogens is 544 g/mol. The van der Waals surface area contributed by atoms with Crippen molar-refractivity contribution in [2.24, 2.45) is 0 Å². The number of amides is 2. The van der Waals surface area contributed by atoms with Crippen molar-refractivity contribution in [3.05, 3.63) is 95.0 Å². The van der Waals surface area contributed by atoms with E-state index < -0.39 is 5.92 Å². The van der Waals surface area contributed by atoms with Crippen molar-refractivity contribution in [2.45, 2.75) is 24.9 Å². The monoisotopic (exact) mass is 572 g/mol. The minimum atomic E-state index is -0.619. The predicted molar refractivity (Wildman–Crippen MR) is 155 cm³/mol. The molecule has 3 N–H and O–H groups in total. The molecule has 11 heteroatoms. The van der Waals surface area contributed by atoms with Crippen LogP contribution in [0.5, 0.6) is 5.75 Å². The van der Waals surface area contributed by atoms with E-state index in [9.17, 15) is 9.59 Å². The molecule has 1 aliphatic rings. The van der Waals surface area contributed by atoms with E-state index in [2.05, 4.69) is 31.3 Å². The number of hydrogen-bond acceptors (Lipinski definition) is 7. The van der Waals surface area contributed by atoms with Crippen LogP contribution in [0.3, 0.4) is 0 Å². The van der Waals surface area contributed by atoms with E-state index in [1.807, 2.05) is 42.5 Å². The minimum absolute atomic E-state index is 0.0933. The minimum Gasteiger partial charge on any atom is -0.491 e. The van der Waals surface area contributed by atoms with Crippen LogP contribution < -0.4 is 15.4 Å². The van der Waals surface area contributed by atoms with Crippen LogP contribution in [0.1, 0.15) is 29.9 Å². The fourth-order valence-electron chi connectivity index (χ4n) is 4.46. The standard InChI is InChI=1S/C30H29ClN6O4/c31-22-9-14-26(29-34-36-37-35-29)21(17-22)8-15-28(38)32-18-27(20-5-2-1-3-6-20)30(39)33-23-10-12-24(13-11-23)41-19-25-7-4-16-40-25/h1-3,5-6,8-15,17,25,27H,4,7,16,18-19H2,(H,32,38)(H,33,39)(H,34,35,36,37)/b15-8+/t25?,27-/m0/s1. The van der Waals surface area contributed by atoms with Crippen LogP contribution in [-0.4, -0.2) is 58.3 Å². The molecule has 1 fully saturated rings. The number of ether oxygens (including phenoxy) is 2. The molecule has 0 saturated carbocycles. The number of nitrogens with zero attached hydrogens (tertiary/aromatic N) is 3. The molecule has 0 radical (unpaired) electrons. The highest BCUT2D eigenvalue weighted by Crippen LogP contribution is 2.25. The van der Waals surface area contributed by atoms with Crippen LogP contribution in [0.4, 0.5) is 5.69 Å². The van der Waals surface area contributed by atoms with Crippen LogP contribution >= 0.6 is 11.6 Å². The summed E-state index contributed by atoms with van der Waals surface area (Å²) in [6.07, 6.45) is 5.20. The van der Waals surface area contributed by atoms with Crippen LogP contribution in [-0.2, 0) is 14.3 Å². The zero-order valence-corrected chi connectivity index (χ0v) is 22.9. The first-order valence-corrected chi connectivity index (χ1v) is 13.6. The Labute approximate surface area is 242 Å². The van der Waals surface area contributed by atoms with Crippen LogP contribution in [0.15, 0.2) is 78.9 Å². The summed E-state index contributed by atoms with van der Waals surface area (Å²) in [5.41, 5.74) is 2.75. The molecule has 2 heterocycles. The van der Waals surface area contributed by atoms with Crippen molar-refractivity contribution in [1.82, 2.24) is 25.9 Å². The van der Waals surface area contributed by atoms with E-state index >= 15 is 0 Å². The SMILES string of the molecule is O=C(/C=C/c1cc(Cl)ccc1-c1nnn[nH]1)NC[C@H](C(=O)Nc1ccc(OCC2CCCO2)cc1)c1ccccc1. The summed E-state index contributed by atoms with van der Waals surface area (Å²) in [7, 11) is 0. The molecular formula is C30H29ClN6O4. The number of rotatable bonds is 11. The molecule has 1 aromatic heterocycles. The highest BCUT2D eigenvalue weighted by atomic mass is 35.5. The Bertz CT molecular complexity index is 1470. The molecule has 210 valence electrons. The maximum absolute atomic E-state index is 13.3. The molecule has 2 amide bonds. The maximum Gasteiger partial charge on any atom is 0.244 e. The van der Waals surface area contributed by atoms with Gasteiger partial charge in [0, 0.05) is 35.5 Å². The zero-order valence-electron chi connectivity index (χ0n) is 22.1. The third-order valence-electron chi connectivity index (χ3n) is 6.61. The number of nitrogens with one attached hydrogen (secondary N) is 3. The van der Waals surface area contributed by atoms with Gasteiger partial charge in [-0.05, 0) is 82.9 Å². The average Bonchev–Trinajstić information content (AvgIpc) is 3.72. The lowest BCUT2D eigenvalue weighted by Gasteiger charge is -2.18. The van der Waals surface area contributed by atoms with Crippen molar-refractivity contribution in [3.8, 4) is 17.1 Å². The molecule has 3 aromatic carbocycles. The molecule has 10 nitrogen and oxygen atoms in total. The van der Waals surface area contributed by atoms with Gasteiger partial charge in [0.25, 0.3) is 0 Å². The van der Waals surface area contributed by atoms with Crippen LogP contribution in [0, 0.1) is 0 Å². The van der Waals surface area contributed by atoms with Gasteiger partial charge in [0.15, 0.2) is 5.82 Å². The van der Waals surface area contributed by atoms with E-state index in [4.69, 9.17) is 21.1 Å². The summed E-state index contributed by atoms with van der Waals surface area (Å²) in [5.74, 6) is -0.0768. The van der Waals surface area contributed by atoms with E-state index in [1.54, 1.807) is 36.4 Å². The first-order chi connectivity index (χ1) is 20.0. The first-order valence-electron chi connectivity index (χ1n) is 13.2. The van der Waals surface area contributed by atoms with Crippen molar-refractivity contribution >= 4 is 35.2 Å². The van der Waals surface area contributed by atoms with Gasteiger partial charge in [-0.3, -0.25) is 9.59 Å². The number of benzene rings is 3. The largest absolute Gasteiger partial charge is 0.491 e. The van der Waals surface area contributed by atoms with Crippen molar-refractivity contribution in [3.63, 3.8) is 0 Å². The smallest absolute Gasteiger partial charge is 0.244 e. The molecule has 0 aliphatic carbocycles. The van der Waals surface area contributed by atoms with E-state index in [0.717, 1.165) is 25.0 Å². The average molecular weight is 573 g/mol. The summed E-state index contributed by atoms with van der Waals surface area (Å²) >= 11 is 6.16. The molecule has 0 bridgehead atoms. The Morgan fingerprint density at radius 2 is 1.95 bits per heavy atom. The lowest BCUT2D eigenvalue weighted by atomic mass is 9.98. The predicted octanol–water partition coefficient (Wildman–Crippen LogP) is 4.63. The van der Waals surface area contributed by atoms with Gasteiger partial charge in [0.05, 0.1) is 12.0 Å². The van der Waals surface area contributed by atoms with Gasteiger partial charge in [0.1, 0.15) is 12.4 Å². The van der Waals surface area contributed by atoms with Gasteiger partial charge < -0.3 is 20.1 Å². The van der Waals surface area contributed by atoms with Gasteiger partial charge in [-0.2, -0.15) is 0 Å². The quantitative estimate of drug-likeness (QED) is 0.223. The molecule has 41 heavy (non-hydrogen) atoms. The molecule has 4 aromatic rings. The maximum atomic E-state index is 13.3. The number of tetrazole rings is 1. The molecule has 2 atom stereocenters. The number of carbonyl (C=O) groups excluding carboxylic acids is 2. The second kappa shape index (κ2) is 13.7. The molecule has 1 saturated heterocycles. The number of halogens is 1. The number of aromatic nitrogens is 4. The highest BCUT2D eigenvalue weighted by molar-refractivity contribution is 6.30. The Kier molecular flexibility index (Phi) is 9.35. The summed E-state index contributed by atoms with van der Waals surface area (Å²) < 4.78 is 11.4. The van der Waals surface area contributed by atoms with Gasteiger partial charge in [-0.25, -0.2) is 5.10 Å². The molecule has 1 aliphatic heterocycles. The Balaban J connectivity index is 1.22. The number of carbonyl (C=O) groups is 2. The van der Waals surface area contributed by atoms with E-state index in [-0.39, 0.29) is 24.5 Å². The zero-order chi connectivity index (χ0) is 28.4. The Hall–Kier alpha value is -4.54. The Morgan fingerprint density at radius 3 is 2.68 bits per heavy atom. The summed E-state index contributed by atoms with van der Waals surface area (Å²) in [6.45, 7) is 1.38. The third-order valence-corrected chi connectivity index (χ3v) is 6.84. The normalized spacial score (nSPS) is 15.5. The lowest BCUT2D eigenvalue weighted by molar-refractivity contribution is -0.118. The van der Waals surface area contributed by atoms with Gasteiger partial charge in [-0.15, -0.1) is 5.10 Å². The highest BCUT2D eigenvalue weighted by Gasteiger charge is 2.22. The van der Waals surface area contributed by atoms with Crippen molar-refractivity contribution in [2.75, 3.05) is 25.1 Å². The summed E-state index contributed by atoms with van der Waals surface area (Å²) in [5, 5.41) is 20.1. The number of H-pyrrole nitrogens is 1. The van der Waals surface area contributed by atoms with Crippen molar-refractivity contribution in [1.29, 1.82) is 0 Å². The van der Waals surface area contributed by atoms with Gasteiger partial charge in [0.2, 0.25) is 11.8 Å². The molecule has 0 spiro atoms. The fourth-order valence-corrected chi connectivity index (χ4v) is 4.64. The molecule has 5 rings (SSSR count). The summed E-state index contributed by atoms with van der Waals surface area (Å²) in [6, 6.07) is 21.7. The van der Waals surface area contributed by atoms with E-state index in [1.165, 1.54) is 6.08 Å². The second-order valence-electron chi connectivity index (χ2n) is 9.48. The number of aromatic amines is 1.